The third kappa shape index (κ3) is 2.44. The Kier molecular flexibility index (Phi) is 3.31. The summed E-state index contributed by atoms with van der Waals surface area (Å²) in [6, 6.07) is 0. The Morgan fingerprint density at radius 1 is 1.54 bits per heavy atom. The third-order valence-electron chi connectivity index (χ3n) is 2.96. The smallest absolute Gasteiger partial charge is 0.237 e. The second-order valence-electron chi connectivity index (χ2n) is 4.32. The van der Waals surface area contributed by atoms with E-state index in [2.05, 4.69) is 26.1 Å². The molecule has 0 aromatic heterocycles. The summed E-state index contributed by atoms with van der Waals surface area (Å²) in [5.41, 5.74) is 0. The summed E-state index contributed by atoms with van der Waals surface area (Å²) in [4.78, 5) is 13.3. The number of hydrogen-bond acceptors (Lipinski definition) is 2. The number of amides is 1. The molecule has 1 rings (SSSR count). The normalized spacial score (nSPS) is 25.8. The molecule has 1 heterocycles. The van der Waals surface area contributed by atoms with Gasteiger partial charge in [0.2, 0.25) is 5.91 Å². The van der Waals surface area contributed by atoms with Crippen LogP contribution in [0.2, 0.25) is 0 Å². The van der Waals surface area contributed by atoms with Gasteiger partial charge in [-0.2, -0.15) is 0 Å². The van der Waals surface area contributed by atoms with Crippen LogP contribution in [0.1, 0.15) is 27.7 Å². The molecule has 0 aliphatic carbocycles. The van der Waals surface area contributed by atoms with Crippen LogP contribution in [-0.2, 0) is 4.79 Å². The van der Waals surface area contributed by atoms with E-state index in [4.69, 9.17) is 0 Å². The predicted molar refractivity (Wildman–Crippen MR) is 53.2 cm³/mol. The maximum Gasteiger partial charge on any atom is 0.237 e. The van der Waals surface area contributed by atoms with Gasteiger partial charge in [0.25, 0.3) is 0 Å². The van der Waals surface area contributed by atoms with Crippen molar-refractivity contribution in [1.82, 2.24) is 10.2 Å². The lowest BCUT2D eigenvalue weighted by Crippen LogP contribution is -2.38. The molecule has 1 N–H and O–H groups in total. The zero-order chi connectivity index (χ0) is 10.0. The molecule has 0 aromatic carbocycles. The summed E-state index contributed by atoms with van der Waals surface area (Å²) in [5.74, 6) is 1.45. The van der Waals surface area contributed by atoms with Gasteiger partial charge in [-0.1, -0.05) is 20.8 Å². The third-order valence-corrected chi connectivity index (χ3v) is 2.96. The second kappa shape index (κ2) is 4.09. The lowest BCUT2D eigenvalue weighted by Gasteiger charge is -2.26. The Bertz CT molecular complexity index is 191. The Labute approximate surface area is 80.5 Å². The molecular formula is C10H20N2O. The summed E-state index contributed by atoms with van der Waals surface area (Å²) in [5, 5.41) is 3.14. The maximum absolute atomic E-state index is 11.4. The number of nitrogens with zero attached hydrogens (tertiary/aromatic N) is 1. The topological polar surface area (TPSA) is 32.3 Å². The van der Waals surface area contributed by atoms with E-state index in [0.717, 1.165) is 6.54 Å². The fraction of sp³-hybridized carbons (Fsp3) is 0.900. The largest absolute Gasteiger partial charge is 0.326 e. The van der Waals surface area contributed by atoms with Gasteiger partial charge >= 0.3 is 0 Å². The highest BCUT2D eigenvalue weighted by Gasteiger charge is 2.28. The number of rotatable bonds is 3. The number of hydrogen-bond donors (Lipinski definition) is 1. The minimum Gasteiger partial charge on any atom is -0.326 e. The van der Waals surface area contributed by atoms with Crippen molar-refractivity contribution in [2.45, 2.75) is 33.9 Å². The van der Waals surface area contributed by atoms with Gasteiger partial charge in [-0.15, -0.1) is 0 Å². The van der Waals surface area contributed by atoms with Crippen molar-refractivity contribution >= 4 is 5.91 Å². The van der Waals surface area contributed by atoms with Gasteiger partial charge in [-0.05, 0) is 18.8 Å². The molecule has 3 nitrogen and oxygen atoms in total. The van der Waals surface area contributed by atoms with E-state index >= 15 is 0 Å². The van der Waals surface area contributed by atoms with E-state index in [1.165, 1.54) is 0 Å². The molecule has 2 unspecified atom stereocenters. The zero-order valence-corrected chi connectivity index (χ0v) is 9.00. The maximum atomic E-state index is 11.4. The lowest BCUT2D eigenvalue weighted by atomic mass is 9.97. The van der Waals surface area contributed by atoms with E-state index in [1.807, 2.05) is 11.8 Å². The van der Waals surface area contributed by atoms with Crippen LogP contribution in [0.25, 0.3) is 0 Å². The van der Waals surface area contributed by atoms with Gasteiger partial charge in [-0.25, -0.2) is 0 Å². The van der Waals surface area contributed by atoms with Crippen LogP contribution in [0.5, 0.6) is 0 Å². The van der Waals surface area contributed by atoms with Gasteiger partial charge in [0.15, 0.2) is 0 Å². The molecule has 2 atom stereocenters. The van der Waals surface area contributed by atoms with Crippen LogP contribution >= 0.6 is 0 Å². The average molecular weight is 184 g/mol. The molecule has 0 aromatic rings. The molecule has 1 aliphatic heterocycles. The van der Waals surface area contributed by atoms with Crippen molar-refractivity contribution in [2.24, 2.45) is 11.8 Å². The Morgan fingerprint density at radius 3 is 2.54 bits per heavy atom. The number of carbonyl (C=O) groups excluding carboxylic acids is 1. The van der Waals surface area contributed by atoms with Crippen molar-refractivity contribution in [1.29, 1.82) is 0 Å². The summed E-state index contributed by atoms with van der Waals surface area (Å²) >= 11 is 0. The quantitative estimate of drug-likeness (QED) is 0.711. The van der Waals surface area contributed by atoms with E-state index < -0.39 is 0 Å². The number of carbonyl (C=O) groups is 1. The SMILES string of the molecule is CC(C)C(C)CN1C(=O)CNC1C. The molecule has 1 saturated heterocycles. The highest BCUT2D eigenvalue weighted by Crippen LogP contribution is 2.14. The molecule has 1 fully saturated rings. The molecule has 76 valence electrons. The first-order valence-corrected chi connectivity index (χ1v) is 5.05. The summed E-state index contributed by atoms with van der Waals surface area (Å²) in [7, 11) is 0. The van der Waals surface area contributed by atoms with E-state index in [9.17, 15) is 4.79 Å². The first kappa shape index (κ1) is 10.5. The first-order valence-electron chi connectivity index (χ1n) is 5.05. The summed E-state index contributed by atoms with van der Waals surface area (Å²) < 4.78 is 0. The second-order valence-corrected chi connectivity index (χ2v) is 4.32. The highest BCUT2D eigenvalue weighted by atomic mass is 16.2. The summed E-state index contributed by atoms with van der Waals surface area (Å²) in [6.07, 6.45) is 0.216. The van der Waals surface area contributed by atoms with Crippen LogP contribution in [0, 0.1) is 11.8 Å². The molecule has 0 saturated carbocycles. The number of nitrogens with one attached hydrogen (secondary N) is 1. The van der Waals surface area contributed by atoms with Gasteiger partial charge in [0, 0.05) is 6.54 Å². The minimum atomic E-state index is 0.216. The van der Waals surface area contributed by atoms with Crippen LogP contribution in [-0.4, -0.2) is 30.1 Å². The van der Waals surface area contributed by atoms with Crippen molar-refractivity contribution < 1.29 is 4.79 Å². The Balaban J connectivity index is 2.47. The average Bonchev–Trinajstić information content (AvgIpc) is 2.35. The van der Waals surface area contributed by atoms with Gasteiger partial charge in [0.1, 0.15) is 0 Å². The van der Waals surface area contributed by atoms with Crippen molar-refractivity contribution in [2.75, 3.05) is 13.1 Å². The van der Waals surface area contributed by atoms with Crippen LogP contribution < -0.4 is 5.32 Å². The fourth-order valence-electron chi connectivity index (χ4n) is 1.44. The molecule has 1 amide bonds. The predicted octanol–water partition coefficient (Wildman–Crippen LogP) is 1.06. The van der Waals surface area contributed by atoms with E-state index in [0.29, 0.717) is 18.4 Å². The van der Waals surface area contributed by atoms with Gasteiger partial charge in [-0.3, -0.25) is 10.1 Å². The van der Waals surface area contributed by atoms with Crippen LogP contribution in [0.4, 0.5) is 0 Å². The van der Waals surface area contributed by atoms with Crippen molar-refractivity contribution in [3.63, 3.8) is 0 Å². The van der Waals surface area contributed by atoms with Gasteiger partial charge < -0.3 is 4.90 Å². The molecule has 0 spiro atoms. The Morgan fingerprint density at radius 2 is 2.15 bits per heavy atom. The first-order chi connectivity index (χ1) is 6.02. The molecular weight excluding hydrogens is 164 g/mol. The van der Waals surface area contributed by atoms with Crippen molar-refractivity contribution in [3.8, 4) is 0 Å². The highest BCUT2D eigenvalue weighted by molar-refractivity contribution is 5.80. The van der Waals surface area contributed by atoms with Gasteiger partial charge in [0.05, 0.1) is 12.7 Å². The molecule has 1 aliphatic rings. The summed E-state index contributed by atoms with van der Waals surface area (Å²) in [6.45, 7) is 10.0. The van der Waals surface area contributed by atoms with Crippen LogP contribution in [0.15, 0.2) is 0 Å². The van der Waals surface area contributed by atoms with E-state index in [-0.39, 0.29) is 12.1 Å². The minimum absolute atomic E-state index is 0.216. The zero-order valence-electron chi connectivity index (χ0n) is 9.00. The molecule has 0 bridgehead atoms. The molecule has 0 radical (unpaired) electrons. The lowest BCUT2D eigenvalue weighted by molar-refractivity contribution is -0.128. The van der Waals surface area contributed by atoms with E-state index in [1.54, 1.807) is 0 Å². The Hall–Kier alpha value is -0.570. The standard InChI is InChI=1S/C10H20N2O/c1-7(2)8(3)6-12-9(4)11-5-10(12)13/h7-9,11H,5-6H2,1-4H3. The van der Waals surface area contributed by atoms with Crippen molar-refractivity contribution in [3.05, 3.63) is 0 Å². The fourth-order valence-corrected chi connectivity index (χ4v) is 1.44. The molecule has 3 heteroatoms. The monoisotopic (exact) mass is 184 g/mol. The van der Waals surface area contributed by atoms with Crippen LogP contribution in [0.3, 0.4) is 0 Å². The molecule has 13 heavy (non-hydrogen) atoms.